The molecule has 0 aromatic carbocycles. The Balaban J connectivity index is 4.63. The van der Waals surface area contributed by atoms with Crippen LogP contribution in [0, 0.1) is 0 Å². The van der Waals surface area contributed by atoms with Crippen LogP contribution in [0.15, 0.2) is 35.8 Å². The lowest BCUT2D eigenvalue weighted by Crippen LogP contribution is -1.87. The standard InChI is InChI=1S/C8H12O2/c1-4-7(9)6(3)8(10)5-2/h4-5,9-10H,1H2,2-3H3/b7-6+,8-5+. The summed E-state index contributed by atoms with van der Waals surface area (Å²) in [4.78, 5) is 0. The third-order valence-electron chi connectivity index (χ3n) is 1.24. The maximum Gasteiger partial charge on any atom is 0.121 e. The lowest BCUT2D eigenvalue weighted by atomic mass is 10.2. The fourth-order valence-electron chi connectivity index (χ4n) is 0.501. The molecule has 0 bridgehead atoms. The monoisotopic (exact) mass is 140 g/mol. The van der Waals surface area contributed by atoms with E-state index in [1.54, 1.807) is 13.8 Å². The number of rotatable bonds is 2. The fraction of sp³-hybridized carbons (Fsp3) is 0.250. The third kappa shape index (κ3) is 1.97. The molecule has 0 fully saturated rings. The minimum Gasteiger partial charge on any atom is -0.508 e. The van der Waals surface area contributed by atoms with Crippen molar-refractivity contribution in [3.8, 4) is 0 Å². The molecule has 0 radical (unpaired) electrons. The van der Waals surface area contributed by atoms with Crippen LogP contribution < -0.4 is 0 Å². The second kappa shape index (κ2) is 3.77. The predicted molar refractivity (Wildman–Crippen MR) is 41.9 cm³/mol. The quantitative estimate of drug-likeness (QED) is 0.457. The van der Waals surface area contributed by atoms with Gasteiger partial charge in [-0.3, -0.25) is 0 Å². The van der Waals surface area contributed by atoms with Crippen LogP contribution in [-0.4, -0.2) is 10.2 Å². The van der Waals surface area contributed by atoms with Gasteiger partial charge in [0.25, 0.3) is 0 Å². The molecule has 2 heteroatoms. The Morgan fingerprint density at radius 3 is 2.20 bits per heavy atom. The number of hydrogen-bond donors (Lipinski definition) is 2. The van der Waals surface area contributed by atoms with E-state index in [-0.39, 0.29) is 11.5 Å². The van der Waals surface area contributed by atoms with E-state index in [0.717, 1.165) is 0 Å². The van der Waals surface area contributed by atoms with E-state index in [2.05, 4.69) is 6.58 Å². The number of hydrogen-bond acceptors (Lipinski definition) is 2. The molecule has 0 spiro atoms. The first-order valence-electron chi connectivity index (χ1n) is 3.01. The van der Waals surface area contributed by atoms with E-state index in [9.17, 15) is 0 Å². The van der Waals surface area contributed by atoms with Crippen LogP contribution in [0.1, 0.15) is 13.8 Å². The average molecular weight is 140 g/mol. The lowest BCUT2D eigenvalue weighted by Gasteiger charge is -1.99. The Morgan fingerprint density at radius 1 is 1.40 bits per heavy atom. The van der Waals surface area contributed by atoms with Crippen molar-refractivity contribution in [2.45, 2.75) is 13.8 Å². The maximum atomic E-state index is 9.02. The molecule has 0 aliphatic carbocycles. The van der Waals surface area contributed by atoms with E-state index >= 15 is 0 Å². The molecule has 0 aromatic heterocycles. The largest absolute Gasteiger partial charge is 0.508 e. The van der Waals surface area contributed by atoms with Crippen molar-refractivity contribution in [3.63, 3.8) is 0 Å². The maximum absolute atomic E-state index is 9.02. The first kappa shape index (κ1) is 8.82. The highest BCUT2D eigenvalue weighted by atomic mass is 16.3. The molecule has 56 valence electrons. The van der Waals surface area contributed by atoms with Gasteiger partial charge in [0.15, 0.2) is 0 Å². The highest BCUT2D eigenvalue weighted by molar-refractivity contribution is 5.29. The van der Waals surface area contributed by atoms with Gasteiger partial charge in [-0.2, -0.15) is 0 Å². The molecule has 0 rings (SSSR count). The van der Waals surface area contributed by atoms with Gasteiger partial charge < -0.3 is 10.2 Å². The number of aliphatic hydroxyl groups is 2. The molecule has 0 aliphatic rings. The summed E-state index contributed by atoms with van der Waals surface area (Å²) in [5, 5.41) is 18.0. The summed E-state index contributed by atoms with van der Waals surface area (Å²) in [7, 11) is 0. The Labute approximate surface area is 60.8 Å². The van der Waals surface area contributed by atoms with Gasteiger partial charge in [0.2, 0.25) is 0 Å². The number of aliphatic hydroxyl groups excluding tert-OH is 2. The molecule has 0 aromatic rings. The van der Waals surface area contributed by atoms with Crippen LogP contribution in [-0.2, 0) is 0 Å². The molecule has 0 aliphatic heterocycles. The van der Waals surface area contributed by atoms with Crippen molar-refractivity contribution in [2.75, 3.05) is 0 Å². The van der Waals surface area contributed by atoms with E-state index < -0.39 is 0 Å². The van der Waals surface area contributed by atoms with Gasteiger partial charge >= 0.3 is 0 Å². The van der Waals surface area contributed by atoms with Gasteiger partial charge in [0.05, 0.1) is 0 Å². The third-order valence-corrected chi connectivity index (χ3v) is 1.24. The molecule has 2 nitrogen and oxygen atoms in total. The summed E-state index contributed by atoms with van der Waals surface area (Å²) in [5.41, 5.74) is 0.442. The van der Waals surface area contributed by atoms with Crippen molar-refractivity contribution < 1.29 is 10.2 Å². The summed E-state index contributed by atoms with van der Waals surface area (Å²) in [6.45, 7) is 6.66. The summed E-state index contributed by atoms with van der Waals surface area (Å²) in [5.74, 6) is 0.0907. The van der Waals surface area contributed by atoms with Gasteiger partial charge in [-0.05, 0) is 26.0 Å². The molecule has 2 N–H and O–H groups in total. The molecular weight excluding hydrogens is 128 g/mol. The zero-order chi connectivity index (χ0) is 8.15. The Kier molecular flexibility index (Phi) is 3.33. The van der Waals surface area contributed by atoms with Crippen LogP contribution in [0.25, 0.3) is 0 Å². The van der Waals surface area contributed by atoms with Crippen molar-refractivity contribution in [3.05, 3.63) is 35.8 Å². The molecule has 0 unspecified atom stereocenters. The zero-order valence-electron chi connectivity index (χ0n) is 6.26. The van der Waals surface area contributed by atoms with E-state index in [0.29, 0.717) is 5.57 Å². The topological polar surface area (TPSA) is 40.5 Å². The molecule has 0 saturated heterocycles. The van der Waals surface area contributed by atoms with Crippen molar-refractivity contribution >= 4 is 0 Å². The fourth-order valence-corrected chi connectivity index (χ4v) is 0.501. The zero-order valence-corrected chi connectivity index (χ0v) is 6.26. The minimum absolute atomic E-state index is 0.00981. The Bertz CT molecular complexity index is 187. The van der Waals surface area contributed by atoms with Crippen LogP contribution in [0.3, 0.4) is 0 Å². The van der Waals surface area contributed by atoms with Crippen LogP contribution >= 0.6 is 0 Å². The SMILES string of the molecule is C=C/C(O)=C(C)\C(O)=C/C. The lowest BCUT2D eigenvalue weighted by molar-refractivity contribution is 0.391. The summed E-state index contributed by atoms with van der Waals surface area (Å²) < 4.78 is 0. The molecule has 0 heterocycles. The van der Waals surface area contributed by atoms with Gasteiger partial charge in [0.1, 0.15) is 11.5 Å². The average Bonchev–Trinajstić information content (AvgIpc) is 2.00. The van der Waals surface area contributed by atoms with Gasteiger partial charge in [-0.1, -0.05) is 6.58 Å². The van der Waals surface area contributed by atoms with E-state index in [4.69, 9.17) is 10.2 Å². The normalized spacial score (nSPS) is 14.4. The van der Waals surface area contributed by atoms with Gasteiger partial charge in [0, 0.05) is 5.57 Å². The van der Waals surface area contributed by atoms with Crippen LogP contribution in [0.2, 0.25) is 0 Å². The summed E-state index contributed by atoms with van der Waals surface area (Å²) in [6, 6.07) is 0. The van der Waals surface area contributed by atoms with E-state index in [1.807, 2.05) is 0 Å². The highest BCUT2D eigenvalue weighted by Gasteiger charge is 1.98. The first-order chi connectivity index (χ1) is 4.63. The highest BCUT2D eigenvalue weighted by Crippen LogP contribution is 2.09. The molecule has 10 heavy (non-hydrogen) atoms. The second-order valence-electron chi connectivity index (χ2n) is 1.89. The molecule has 0 amide bonds. The Morgan fingerprint density at radius 2 is 1.90 bits per heavy atom. The second-order valence-corrected chi connectivity index (χ2v) is 1.89. The summed E-state index contributed by atoms with van der Waals surface area (Å²) >= 11 is 0. The van der Waals surface area contributed by atoms with Gasteiger partial charge in [-0.25, -0.2) is 0 Å². The Hall–Kier alpha value is -1.18. The minimum atomic E-state index is 0.00981. The summed E-state index contributed by atoms with van der Waals surface area (Å²) in [6.07, 6.45) is 2.80. The van der Waals surface area contributed by atoms with Crippen molar-refractivity contribution in [2.24, 2.45) is 0 Å². The van der Waals surface area contributed by atoms with E-state index in [1.165, 1.54) is 12.2 Å². The molecule has 0 saturated carbocycles. The number of allylic oxidation sites excluding steroid dienone is 3. The van der Waals surface area contributed by atoms with Crippen LogP contribution in [0.5, 0.6) is 0 Å². The van der Waals surface area contributed by atoms with Crippen molar-refractivity contribution in [1.82, 2.24) is 0 Å². The van der Waals surface area contributed by atoms with Gasteiger partial charge in [-0.15, -0.1) is 0 Å². The smallest absolute Gasteiger partial charge is 0.121 e. The predicted octanol–water partition coefficient (Wildman–Crippen LogP) is 2.47. The van der Waals surface area contributed by atoms with Crippen LogP contribution in [0.4, 0.5) is 0 Å². The first-order valence-corrected chi connectivity index (χ1v) is 3.01. The van der Waals surface area contributed by atoms with Crippen molar-refractivity contribution in [1.29, 1.82) is 0 Å². The molecular formula is C8H12O2. The molecule has 0 atom stereocenters.